The van der Waals surface area contributed by atoms with Crippen molar-refractivity contribution >= 4 is 17.2 Å². The van der Waals surface area contributed by atoms with Crippen LogP contribution in [0.2, 0.25) is 0 Å². The number of rotatable bonds is 4. The second kappa shape index (κ2) is 6.01. The molecule has 0 atom stereocenters. The minimum Gasteiger partial charge on any atom is -0.409 e. The van der Waals surface area contributed by atoms with E-state index < -0.39 is 0 Å². The minimum atomic E-state index is -0.296. The molecule has 0 radical (unpaired) electrons. The number of aromatic nitrogens is 1. The summed E-state index contributed by atoms with van der Waals surface area (Å²) in [6.07, 6.45) is 1.56. The molecule has 0 fully saturated rings. The van der Waals surface area contributed by atoms with Crippen molar-refractivity contribution in [3.8, 4) is 0 Å². The molecule has 0 aliphatic heterocycles. The quantitative estimate of drug-likeness (QED) is 0.389. The van der Waals surface area contributed by atoms with Crippen LogP contribution >= 0.6 is 0 Å². The molecule has 5 nitrogen and oxygen atoms in total. The van der Waals surface area contributed by atoms with Crippen LogP contribution in [0, 0.1) is 5.82 Å². The summed E-state index contributed by atoms with van der Waals surface area (Å²) in [6.45, 7) is 2.51. The molecular formula is C14H15FN4O. The van der Waals surface area contributed by atoms with Gasteiger partial charge in [-0.05, 0) is 31.2 Å². The Morgan fingerprint density at radius 2 is 2.10 bits per heavy atom. The standard InChI is InChI=1S/C14H15FN4O/c1-2-19(13-6-4-3-5-11(13)15)10-7-8-12(17-9-10)14(16)18-20/h3-9,20H,2H2,1H3,(H2,16,18). The first-order chi connectivity index (χ1) is 9.67. The summed E-state index contributed by atoms with van der Waals surface area (Å²) in [6, 6.07) is 9.91. The lowest BCUT2D eigenvalue weighted by Crippen LogP contribution is -2.19. The molecule has 3 N–H and O–H groups in total. The predicted molar refractivity (Wildman–Crippen MR) is 75.8 cm³/mol. The highest BCUT2D eigenvalue weighted by molar-refractivity contribution is 5.95. The van der Waals surface area contributed by atoms with Crippen LogP contribution in [-0.4, -0.2) is 22.6 Å². The van der Waals surface area contributed by atoms with E-state index in [0.717, 1.165) is 5.69 Å². The molecule has 0 aliphatic rings. The van der Waals surface area contributed by atoms with Crippen molar-refractivity contribution in [3.05, 3.63) is 54.1 Å². The van der Waals surface area contributed by atoms with E-state index in [2.05, 4.69) is 10.1 Å². The number of pyridine rings is 1. The Bertz CT molecular complexity index is 613. The van der Waals surface area contributed by atoms with Gasteiger partial charge in [0, 0.05) is 6.54 Å². The molecule has 0 bridgehead atoms. The number of nitrogens with zero attached hydrogens (tertiary/aromatic N) is 3. The van der Waals surface area contributed by atoms with E-state index in [0.29, 0.717) is 17.9 Å². The van der Waals surface area contributed by atoms with Gasteiger partial charge in [0.25, 0.3) is 0 Å². The van der Waals surface area contributed by atoms with Crippen LogP contribution in [0.15, 0.2) is 47.8 Å². The van der Waals surface area contributed by atoms with Crippen molar-refractivity contribution < 1.29 is 9.60 Å². The van der Waals surface area contributed by atoms with Crippen LogP contribution < -0.4 is 10.6 Å². The summed E-state index contributed by atoms with van der Waals surface area (Å²) in [5, 5.41) is 11.5. The highest BCUT2D eigenvalue weighted by Crippen LogP contribution is 2.26. The van der Waals surface area contributed by atoms with Crippen molar-refractivity contribution in [3.63, 3.8) is 0 Å². The first-order valence-electron chi connectivity index (χ1n) is 6.13. The third kappa shape index (κ3) is 2.69. The zero-order chi connectivity index (χ0) is 14.5. The summed E-state index contributed by atoms with van der Waals surface area (Å²) >= 11 is 0. The van der Waals surface area contributed by atoms with E-state index in [1.54, 1.807) is 41.4 Å². The predicted octanol–water partition coefficient (Wildman–Crippen LogP) is 2.47. The van der Waals surface area contributed by atoms with E-state index in [4.69, 9.17) is 10.9 Å². The van der Waals surface area contributed by atoms with E-state index in [1.165, 1.54) is 6.07 Å². The molecule has 20 heavy (non-hydrogen) atoms. The lowest BCUT2D eigenvalue weighted by atomic mass is 10.2. The SMILES string of the molecule is CCN(c1ccc(/C(N)=N/O)nc1)c1ccccc1F. The summed E-state index contributed by atoms with van der Waals surface area (Å²) in [7, 11) is 0. The average molecular weight is 274 g/mol. The van der Waals surface area contributed by atoms with Gasteiger partial charge in [0.2, 0.25) is 0 Å². The number of anilines is 2. The summed E-state index contributed by atoms with van der Waals surface area (Å²) in [5.74, 6) is -0.361. The monoisotopic (exact) mass is 274 g/mol. The van der Waals surface area contributed by atoms with Crippen LogP contribution in [-0.2, 0) is 0 Å². The van der Waals surface area contributed by atoms with Crippen molar-refractivity contribution in [2.24, 2.45) is 10.9 Å². The normalized spacial score (nSPS) is 11.4. The molecule has 1 heterocycles. The third-order valence-corrected chi connectivity index (χ3v) is 2.89. The number of nitrogens with two attached hydrogens (primary N) is 1. The Kier molecular flexibility index (Phi) is 4.14. The van der Waals surface area contributed by atoms with Crippen LogP contribution in [0.5, 0.6) is 0 Å². The fraction of sp³-hybridized carbons (Fsp3) is 0.143. The van der Waals surface area contributed by atoms with Gasteiger partial charge < -0.3 is 15.8 Å². The van der Waals surface area contributed by atoms with Crippen LogP contribution in [0.4, 0.5) is 15.8 Å². The van der Waals surface area contributed by atoms with Gasteiger partial charge in [0.05, 0.1) is 17.6 Å². The fourth-order valence-corrected chi connectivity index (χ4v) is 1.91. The number of hydrogen-bond acceptors (Lipinski definition) is 4. The number of hydrogen-bond donors (Lipinski definition) is 2. The molecule has 2 aromatic rings. The van der Waals surface area contributed by atoms with Gasteiger partial charge in [-0.25, -0.2) is 4.39 Å². The second-order valence-corrected chi connectivity index (χ2v) is 4.08. The molecule has 104 valence electrons. The maximum absolute atomic E-state index is 13.8. The topological polar surface area (TPSA) is 74.7 Å². The smallest absolute Gasteiger partial charge is 0.188 e. The highest BCUT2D eigenvalue weighted by atomic mass is 19.1. The molecule has 0 unspecified atom stereocenters. The molecular weight excluding hydrogens is 259 g/mol. The summed E-state index contributed by atoms with van der Waals surface area (Å²) in [5.41, 5.74) is 7.02. The van der Waals surface area contributed by atoms with Crippen molar-refractivity contribution in [2.75, 3.05) is 11.4 Å². The van der Waals surface area contributed by atoms with Crippen LogP contribution in [0.3, 0.4) is 0 Å². The van der Waals surface area contributed by atoms with E-state index in [1.807, 2.05) is 6.92 Å². The number of amidine groups is 1. The van der Waals surface area contributed by atoms with E-state index in [9.17, 15) is 4.39 Å². The zero-order valence-electron chi connectivity index (χ0n) is 11.0. The molecule has 0 aliphatic carbocycles. The Balaban J connectivity index is 2.36. The molecule has 1 aromatic carbocycles. The number of para-hydroxylation sites is 1. The average Bonchev–Trinajstić information content (AvgIpc) is 2.50. The lowest BCUT2D eigenvalue weighted by Gasteiger charge is -2.23. The highest BCUT2D eigenvalue weighted by Gasteiger charge is 2.12. The van der Waals surface area contributed by atoms with Crippen molar-refractivity contribution in [1.29, 1.82) is 0 Å². The Labute approximate surface area is 116 Å². The third-order valence-electron chi connectivity index (χ3n) is 2.89. The Morgan fingerprint density at radius 1 is 1.35 bits per heavy atom. The summed E-state index contributed by atoms with van der Waals surface area (Å²) in [4.78, 5) is 5.88. The van der Waals surface area contributed by atoms with Gasteiger partial charge in [-0.3, -0.25) is 4.98 Å². The first kappa shape index (κ1) is 13.8. The lowest BCUT2D eigenvalue weighted by molar-refractivity contribution is 0.318. The number of benzene rings is 1. The molecule has 6 heteroatoms. The van der Waals surface area contributed by atoms with Crippen LogP contribution in [0.25, 0.3) is 0 Å². The van der Waals surface area contributed by atoms with Gasteiger partial charge in [0.15, 0.2) is 5.84 Å². The van der Waals surface area contributed by atoms with Crippen molar-refractivity contribution in [1.82, 2.24) is 4.98 Å². The van der Waals surface area contributed by atoms with Crippen LogP contribution in [0.1, 0.15) is 12.6 Å². The van der Waals surface area contributed by atoms with Gasteiger partial charge in [-0.2, -0.15) is 0 Å². The zero-order valence-corrected chi connectivity index (χ0v) is 11.0. The molecule has 1 aromatic heterocycles. The fourth-order valence-electron chi connectivity index (χ4n) is 1.91. The number of halogens is 1. The molecule has 0 saturated carbocycles. The minimum absolute atomic E-state index is 0.0644. The maximum atomic E-state index is 13.8. The van der Waals surface area contributed by atoms with E-state index in [-0.39, 0.29) is 11.7 Å². The summed E-state index contributed by atoms with van der Waals surface area (Å²) < 4.78 is 13.8. The Morgan fingerprint density at radius 3 is 2.65 bits per heavy atom. The first-order valence-corrected chi connectivity index (χ1v) is 6.13. The van der Waals surface area contributed by atoms with Gasteiger partial charge in [-0.15, -0.1) is 0 Å². The molecule has 0 amide bonds. The Hall–Kier alpha value is -2.63. The number of oxime groups is 1. The van der Waals surface area contributed by atoms with Gasteiger partial charge in [-0.1, -0.05) is 17.3 Å². The molecule has 0 saturated heterocycles. The largest absolute Gasteiger partial charge is 0.409 e. The van der Waals surface area contributed by atoms with Crippen molar-refractivity contribution in [2.45, 2.75) is 6.92 Å². The molecule has 2 rings (SSSR count). The maximum Gasteiger partial charge on any atom is 0.188 e. The molecule has 0 spiro atoms. The van der Waals surface area contributed by atoms with Gasteiger partial charge >= 0.3 is 0 Å². The second-order valence-electron chi connectivity index (χ2n) is 4.08. The van der Waals surface area contributed by atoms with E-state index >= 15 is 0 Å². The van der Waals surface area contributed by atoms with Gasteiger partial charge in [0.1, 0.15) is 11.5 Å².